The fourth-order valence-electron chi connectivity index (χ4n) is 1.46. The lowest BCUT2D eigenvalue weighted by Gasteiger charge is -1.92. The van der Waals surface area contributed by atoms with Crippen molar-refractivity contribution >= 4 is 0 Å². The molecule has 0 aliphatic carbocycles. The zero-order valence-electron chi connectivity index (χ0n) is 9.70. The predicted octanol–water partition coefficient (Wildman–Crippen LogP) is 0.197. The third-order valence-corrected chi connectivity index (χ3v) is 2.23. The molecule has 7 nitrogen and oxygen atoms in total. The number of hydrogen-bond acceptors (Lipinski definition) is 6. The van der Waals surface area contributed by atoms with Crippen LogP contribution in [-0.2, 0) is 19.4 Å². The van der Waals surface area contributed by atoms with Crippen LogP contribution in [0.15, 0.2) is 10.7 Å². The highest BCUT2D eigenvalue weighted by atomic mass is 16.5. The lowest BCUT2D eigenvalue weighted by atomic mass is 10.3. The Kier molecular flexibility index (Phi) is 3.81. The van der Waals surface area contributed by atoms with Crippen molar-refractivity contribution in [1.29, 1.82) is 0 Å². The van der Waals surface area contributed by atoms with Crippen LogP contribution in [0.2, 0.25) is 0 Å². The van der Waals surface area contributed by atoms with Crippen LogP contribution in [0.4, 0.5) is 0 Å². The van der Waals surface area contributed by atoms with Crippen LogP contribution in [0.25, 0.3) is 0 Å². The van der Waals surface area contributed by atoms with Crippen LogP contribution in [0.1, 0.15) is 30.8 Å². The molecule has 17 heavy (non-hydrogen) atoms. The number of nitrogens with zero attached hydrogens (tertiary/aromatic N) is 5. The van der Waals surface area contributed by atoms with Gasteiger partial charge in [-0.3, -0.25) is 0 Å². The van der Waals surface area contributed by atoms with Gasteiger partial charge in [-0.15, -0.1) is 5.10 Å². The second-order valence-corrected chi connectivity index (χ2v) is 3.74. The minimum absolute atomic E-state index is 0.0710. The number of aryl methyl sites for hydroxylation is 1. The van der Waals surface area contributed by atoms with Gasteiger partial charge in [0.1, 0.15) is 6.54 Å². The molecule has 7 heteroatoms. The molecule has 2 aromatic rings. The van der Waals surface area contributed by atoms with Gasteiger partial charge in [0.2, 0.25) is 5.89 Å². The molecule has 0 spiro atoms. The monoisotopic (exact) mass is 237 g/mol. The van der Waals surface area contributed by atoms with E-state index in [2.05, 4.69) is 27.4 Å². The second-order valence-electron chi connectivity index (χ2n) is 3.74. The SMILES string of the molecule is CCCc1nc(Cn2cc(CCO)nn2)no1. The molecule has 0 saturated heterocycles. The molecule has 0 atom stereocenters. The van der Waals surface area contributed by atoms with Crippen LogP contribution in [0.5, 0.6) is 0 Å². The average molecular weight is 237 g/mol. The van der Waals surface area contributed by atoms with Gasteiger partial charge in [-0.1, -0.05) is 17.3 Å². The van der Waals surface area contributed by atoms with Gasteiger partial charge in [-0.2, -0.15) is 4.98 Å². The molecule has 0 radical (unpaired) electrons. The molecular formula is C10H15N5O2. The topological polar surface area (TPSA) is 89.9 Å². The molecule has 0 bridgehead atoms. The Labute approximate surface area is 98.5 Å². The standard InChI is InChI=1S/C10H15N5O2/c1-2-3-10-11-9(13-17-10)7-15-6-8(4-5-16)12-14-15/h6,16H,2-5,7H2,1H3. The van der Waals surface area contributed by atoms with E-state index in [0.717, 1.165) is 18.5 Å². The van der Waals surface area contributed by atoms with Crippen molar-refractivity contribution in [2.75, 3.05) is 6.61 Å². The molecule has 1 N–H and O–H groups in total. The van der Waals surface area contributed by atoms with Gasteiger partial charge in [0.15, 0.2) is 5.82 Å². The first-order valence-corrected chi connectivity index (χ1v) is 5.63. The van der Waals surface area contributed by atoms with E-state index in [9.17, 15) is 0 Å². The quantitative estimate of drug-likeness (QED) is 0.771. The van der Waals surface area contributed by atoms with E-state index >= 15 is 0 Å². The fraction of sp³-hybridized carbons (Fsp3) is 0.600. The van der Waals surface area contributed by atoms with Gasteiger partial charge in [0.05, 0.1) is 5.69 Å². The average Bonchev–Trinajstić information content (AvgIpc) is 2.91. The summed E-state index contributed by atoms with van der Waals surface area (Å²) in [6.45, 7) is 2.57. The zero-order chi connectivity index (χ0) is 12.1. The van der Waals surface area contributed by atoms with Gasteiger partial charge in [0, 0.05) is 25.6 Å². The van der Waals surface area contributed by atoms with E-state index in [4.69, 9.17) is 9.63 Å². The summed E-state index contributed by atoms with van der Waals surface area (Å²) >= 11 is 0. The number of aromatic nitrogens is 5. The predicted molar refractivity (Wildman–Crippen MR) is 58.2 cm³/mol. The zero-order valence-corrected chi connectivity index (χ0v) is 9.70. The first-order chi connectivity index (χ1) is 8.31. The highest BCUT2D eigenvalue weighted by molar-refractivity contribution is 4.94. The summed E-state index contributed by atoms with van der Waals surface area (Å²) in [6, 6.07) is 0. The summed E-state index contributed by atoms with van der Waals surface area (Å²) in [7, 11) is 0. The first kappa shape index (κ1) is 11.7. The molecule has 0 saturated carbocycles. The molecule has 0 aliphatic rings. The molecule has 0 unspecified atom stereocenters. The third kappa shape index (κ3) is 3.10. The minimum atomic E-state index is 0.0710. The van der Waals surface area contributed by atoms with Crippen molar-refractivity contribution in [3.05, 3.63) is 23.6 Å². The number of hydrogen-bond donors (Lipinski definition) is 1. The van der Waals surface area contributed by atoms with E-state index in [1.165, 1.54) is 0 Å². The molecule has 0 aliphatic heterocycles. The van der Waals surface area contributed by atoms with Gasteiger partial charge < -0.3 is 9.63 Å². The largest absolute Gasteiger partial charge is 0.396 e. The summed E-state index contributed by atoms with van der Waals surface area (Å²) in [5, 5.41) is 20.5. The lowest BCUT2D eigenvalue weighted by molar-refractivity contribution is 0.298. The second kappa shape index (κ2) is 5.53. The van der Waals surface area contributed by atoms with Crippen LogP contribution in [0.3, 0.4) is 0 Å². The molecule has 2 aromatic heterocycles. The summed E-state index contributed by atoms with van der Waals surface area (Å²) in [4.78, 5) is 4.23. The Morgan fingerprint density at radius 1 is 1.41 bits per heavy atom. The van der Waals surface area contributed by atoms with Crippen molar-refractivity contribution in [2.24, 2.45) is 0 Å². The van der Waals surface area contributed by atoms with Crippen LogP contribution < -0.4 is 0 Å². The Morgan fingerprint density at radius 3 is 3.06 bits per heavy atom. The molecule has 0 fully saturated rings. The molecular weight excluding hydrogens is 222 g/mol. The van der Waals surface area contributed by atoms with Crippen molar-refractivity contribution < 1.29 is 9.63 Å². The third-order valence-electron chi connectivity index (χ3n) is 2.23. The van der Waals surface area contributed by atoms with E-state index in [0.29, 0.717) is 24.7 Å². The van der Waals surface area contributed by atoms with Crippen LogP contribution in [-0.4, -0.2) is 36.8 Å². The van der Waals surface area contributed by atoms with Gasteiger partial charge >= 0.3 is 0 Å². The van der Waals surface area contributed by atoms with Crippen molar-refractivity contribution in [2.45, 2.75) is 32.7 Å². The fourth-order valence-corrected chi connectivity index (χ4v) is 1.46. The molecule has 2 heterocycles. The Bertz CT molecular complexity index is 422. The van der Waals surface area contributed by atoms with E-state index in [1.54, 1.807) is 10.9 Å². The van der Waals surface area contributed by atoms with E-state index in [1.807, 2.05) is 0 Å². The smallest absolute Gasteiger partial charge is 0.226 e. The van der Waals surface area contributed by atoms with Crippen molar-refractivity contribution in [3.63, 3.8) is 0 Å². The number of rotatable bonds is 6. The molecule has 2 rings (SSSR count). The Balaban J connectivity index is 1.98. The minimum Gasteiger partial charge on any atom is -0.396 e. The summed E-state index contributed by atoms with van der Waals surface area (Å²) in [5.74, 6) is 1.24. The summed E-state index contributed by atoms with van der Waals surface area (Å²) < 4.78 is 6.70. The van der Waals surface area contributed by atoms with E-state index in [-0.39, 0.29) is 6.61 Å². The maximum atomic E-state index is 8.76. The number of aliphatic hydroxyl groups is 1. The van der Waals surface area contributed by atoms with Gasteiger partial charge in [-0.05, 0) is 6.42 Å². The van der Waals surface area contributed by atoms with Crippen LogP contribution >= 0.6 is 0 Å². The van der Waals surface area contributed by atoms with Gasteiger partial charge in [-0.25, -0.2) is 4.68 Å². The molecule has 92 valence electrons. The van der Waals surface area contributed by atoms with Crippen LogP contribution in [0, 0.1) is 0 Å². The normalized spacial score (nSPS) is 10.9. The first-order valence-electron chi connectivity index (χ1n) is 5.63. The van der Waals surface area contributed by atoms with Crippen molar-refractivity contribution in [1.82, 2.24) is 25.1 Å². The molecule has 0 amide bonds. The maximum Gasteiger partial charge on any atom is 0.226 e. The lowest BCUT2D eigenvalue weighted by Crippen LogP contribution is -2.02. The maximum absolute atomic E-state index is 8.76. The van der Waals surface area contributed by atoms with Crippen molar-refractivity contribution in [3.8, 4) is 0 Å². The Morgan fingerprint density at radius 2 is 2.29 bits per heavy atom. The summed E-state index contributed by atoms with van der Waals surface area (Å²) in [5.41, 5.74) is 0.754. The van der Waals surface area contributed by atoms with E-state index < -0.39 is 0 Å². The number of aliphatic hydroxyl groups excluding tert-OH is 1. The summed E-state index contributed by atoms with van der Waals surface area (Å²) in [6.07, 6.45) is 4.05. The van der Waals surface area contributed by atoms with Gasteiger partial charge in [0.25, 0.3) is 0 Å². The highest BCUT2D eigenvalue weighted by Crippen LogP contribution is 2.02. The Hall–Kier alpha value is -1.76. The molecule has 0 aromatic carbocycles. The highest BCUT2D eigenvalue weighted by Gasteiger charge is 2.07.